The molecule has 0 amide bonds. The number of ether oxygens (including phenoxy) is 7. The predicted molar refractivity (Wildman–Crippen MR) is 170 cm³/mol. The third kappa shape index (κ3) is 9.03. The van der Waals surface area contributed by atoms with Crippen molar-refractivity contribution in [2.75, 3.05) is 26.4 Å². The Morgan fingerprint density at radius 3 is 1.58 bits per heavy atom. The van der Waals surface area contributed by atoms with Crippen molar-refractivity contribution in [1.29, 1.82) is 0 Å². The molecule has 4 fully saturated rings. The molecule has 1 aliphatic carbocycles. The van der Waals surface area contributed by atoms with Crippen molar-refractivity contribution in [2.24, 2.45) is 0 Å². The van der Waals surface area contributed by atoms with Crippen LogP contribution in [-0.2, 0) is 33.2 Å². The first-order valence-corrected chi connectivity index (χ1v) is 17.6. The normalized spacial score (nSPS) is 52.5. The van der Waals surface area contributed by atoms with E-state index in [1.807, 2.05) is 0 Å². The topological polar surface area (TPSA) is 400 Å². The van der Waals surface area contributed by atoms with E-state index in [-0.39, 0.29) is 5.57 Å². The summed E-state index contributed by atoms with van der Waals surface area (Å²) in [7, 11) is 0. The van der Waals surface area contributed by atoms with Crippen LogP contribution in [0.15, 0.2) is 11.6 Å². The fraction of sp³-hybridized carbons (Fsp3) is 0.935. The van der Waals surface area contributed by atoms with Gasteiger partial charge in [0.1, 0.15) is 104 Å². The van der Waals surface area contributed by atoms with Crippen LogP contribution < -0.4 is 5.32 Å². The van der Waals surface area contributed by atoms with Gasteiger partial charge in [0.05, 0.1) is 44.6 Å². The lowest BCUT2D eigenvalue weighted by molar-refractivity contribution is -0.364. The summed E-state index contributed by atoms with van der Waals surface area (Å²) in [6, 6.07) is -2.46. The highest BCUT2D eigenvalue weighted by molar-refractivity contribution is 5.23. The van der Waals surface area contributed by atoms with Gasteiger partial charge in [-0.2, -0.15) is 0 Å². The van der Waals surface area contributed by atoms with Crippen LogP contribution >= 0.6 is 0 Å². The molecule has 0 aromatic heterocycles. The molecule has 0 radical (unpaired) electrons. The van der Waals surface area contributed by atoms with E-state index in [1.54, 1.807) is 0 Å². The third-order valence-corrected chi connectivity index (χ3v) is 10.6. The van der Waals surface area contributed by atoms with Crippen LogP contribution in [0.4, 0.5) is 0 Å². The molecule has 0 spiro atoms. The first kappa shape index (κ1) is 44.9. The van der Waals surface area contributed by atoms with Gasteiger partial charge in [-0.05, 0) is 12.5 Å². The van der Waals surface area contributed by atoms with Gasteiger partial charge in [0.2, 0.25) is 0 Å². The molecule has 24 atom stereocenters. The lowest BCUT2D eigenvalue weighted by atomic mass is 9.86. The average Bonchev–Trinajstić information content (AvgIpc) is 3.17. The fourth-order valence-corrected chi connectivity index (χ4v) is 7.29. The fourth-order valence-electron chi connectivity index (χ4n) is 7.29. The van der Waals surface area contributed by atoms with E-state index >= 15 is 0 Å². The second-order valence-electron chi connectivity index (χ2n) is 14.2. The average molecular weight is 808 g/mol. The van der Waals surface area contributed by atoms with Gasteiger partial charge in [-0.3, -0.25) is 0 Å². The van der Waals surface area contributed by atoms with E-state index in [9.17, 15) is 81.7 Å². The van der Waals surface area contributed by atoms with Crippen LogP contribution in [0.1, 0.15) is 6.92 Å². The van der Waals surface area contributed by atoms with Gasteiger partial charge in [0.15, 0.2) is 25.2 Å². The number of hydrogen-bond acceptors (Lipinski definition) is 24. The van der Waals surface area contributed by atoms with Gasteiger partial charge >= 0.3 is 0 Å². The Bertz CT molecular complexity index is 1250. The van der Waals surface area contributed by atoms with Crippen molar-refractivity contribution in [2.45, 2.75) is 154 Å². The zero-order valence-electron chi connectivity index (χ0n) is 29.3. The molecule has 4 saturated heterocycles. The van der Waals surface area contributed by atoms with E-state index in [2.05, 4.69) is 5.32 Å². The lowest BCUT2D eigenvalue weighted by Gasteiger charge is -2.48. The zero-order chi connectivity index (χ0) is 40.6. The lowest BCUT2D eigenvalue weighted by Crippen LogP contribution is -2.68. The molecule has 4 heterocycles. The second-order valence-corrected chi connectivity index (χ2v) is 14.2. The first-order chi connectivity index (χ1) is 26.0. The van der Waals surface area contributed by atoms with Crippen molar-refractivity contribution < 1.29 is 115 Å². The number of nitrogens with one attached hydrogen (secondary N) is 1. The molecule has 0 aromatic carbocycles. The molecule has 0 bridgehead atoms. The minimum Gasteiger partial charge on any atom is -0.394 e. The molecule has 0 unspecified atom stereocenters. The maximum absolute atomic E-state index is 11.2. The Labute approximate surface area is 312 Å². The summed E-state index contributed by atoms with van der Waals surface area (Å²) >= 11 is 0. The van der Waals surface area contributed by atoms with E-state index < -0.39 is 174 Å². The van der Waals surface area contributed by atoms with Gasteiger partial charge in [0.25, 0.3) is 0 Å². The number of hydrogen-bond donors (Lipinski definition) is 17. The minimum absolute atomic E-state index is 0.0939. The Balaban J connectivity index is 1.24. The van der Waals surface area contributed by atoms with Crippen LogP contribution in [0.3, 0.4) is 0 Å². The molecule has 0 saturated carbocycles. The quantitative estimate of drug-likeness (QED) is 0.0814. The summed E-state index contributed by atoms with van der Waals surface area (Å²) in [5.41, 5.74) is -0.0939. The SMILES string of the molecule is C[C@H]1O[C@@H](O[C@H]2[C@H](O)[C@@H](O)[C@H](O)O[C@H]2CO)[C@H](O)[C@@H](O)[C@@H]1N[C@H]1C=C(CO)[C@@H](O[C@@H]2O[C@H](CO)[C@@H](O[C@H]3O[C@@H](CO)[C@H](O)[C@@H](O)[C@@H]3O)[C@H](O)[C@H]2O)[C@@H](O)[C@@H]1O. The van der Waals surface area contributed by atoms with Gasteiger partial charge < -0.3 is 120 Å². The smallest absolute Gasteiger partial charge is 0.187 e. The Hall–Kier alpha value is -1.22. The molecule has 55 heavy (non-hydrogen) atoms. The number of aliphatic hydroxyl groups is 16. The van der Waals surface area contributed by atoms with Crippen molar-refractivity contribution >= 4 is 0 Å². The predicted octanol–water partition coefficient (Wildman–Crippen LogP) is -10.7. The van der Waals surface area contributed by atoms with Crippen molar-refractivity contribution in [3.8, 4) is 0 Å². The molecule has 0 aromatic rings. The number of aliphatic hydroxyl groups excluding tert-OH is 16. The molecule has 5 aliphatic rings. The molecule has 5 rings (SSSR count). The summed E-state index contributed by atoms with van der Waals surface area (Å²) in [5, 5.41) is 169. The van der Waals surface area contributed by atoms with Crippen molar-refractivity contribution in [3.05, 3.63) is 11.6 Å². The van der Waals surface area contributed by atoms with E-state index in [4.69, 9.17) is 33.2 Å². The molecular formula is C31H53NO23. The van der Waals surface area contributed by atoms with E-state index in [1.165, 1.54) is 13.0 Å². The highest BCUT2D eigenvalue weighted by Gasteiger charge is 2.54. The van der Waals surface area contributed by atoms with E-state index in [0.717, 1.165) is 0 Å². The maximum atomic E-state index is 11.2. The third-order valence-electron chi connectivity index (χ3n) is 10.6. The van der Waals surface area contributed by atoms with Crippen LogP contribution in [0.5, 0.6) is 0 Å². The molecule has 320 valence electrons. The molecule has 17 N–H and O–H groups in total. The molecular weight excluding hydrogens is 754 g/mol. The minimum atomic E-state index is -2.01. The molecule has 4 aliphatic heterocycles. The van der Waals surface area contributed by atoms with Crippen LogP contribution in [0.2, 0.25) is 0 Å². The molecule has 24 heteroatoms. The van der Waals surface area contributed by atoms with Crippen LogP contribution in [0, 0.1) is 0 Å². The summed E-state index contributed by atoms with van der Waals surface area (Å²) in [6.07, 6.45) is -36.3. The number of rotatable bonds is 12. The summed E-state index contributed by atoms with van der Waals surface area (Å²) < 4.78 is 38.4. The van der Waals surface area contributed by atoms with Crippen LogP contribution in [-0.4, -0.2) is 255 Å². The Morgan fingerprint density at radius 2 is 1.00 bits per heavy atom. The van der Waals surface area contributed by atoms with Gasteiger partial charge in [-0.25, -0.2) is 0 Å². The van der Waals surface area contributed by atoms with Crippen molar-refractivity contribution in [1.82, 2.24) is 5.32 Å². The van der Waals surface area contributed by atoms with Gasteiger partial charge in [0, 0.05) is 0 Å². The largest absolute Gasteiger partial charge is 0.394 e. The zero-order valence-corrected chi connectivity index (χ0v) is 29.3. The standard InChI is InChI=1S/C31H53NO23/c1-7-13(16(39)22(45)29(49-7)54-26-11(5-35)50-28(48)21(44)19(26)42)32-9-2-8(3-33)25(18(41)14(9)37)53-31-24(47)20(43)27(12(6-36)52-31)55-30-23(46)17(40)15(38)10(4-34)51-30/h2,7,9-48H,3-6H2,1H3/t7-,9+,10+,11+,12-,13-,14-,15+,16+,17-,18+,19-,20-,21-,22-,23+,24-,25-,26-,27-,28-,29+,30-,31+/m1/s1. The maximum Gasteiger partial charge on any atom is 0.187 e. The monoisotopic (exact) mass is 807 g/mol. The first-order valence-electron chi connectivity index (χ1n) is 17.6. The highest BCUT2D eigenvalue weighted by atomic mass is 16.7. The Kier molecular flexibility index (Phi) is 15.3. The van der Waals surface area contributed by atoms with Gasteiger partial charge in [-0.1, -0.05) is 6.08 Å². The van der Waals surface area contributed by atoms with Crippen molar-refractivity contribution in [3.63, 3.8) is 0 Å². The van der Waals surface area contributed by atoms with Gasteiger partial charge in [-0.15, -0.1) is 0 Å². The van der Waals surface area contributed by atoms with Crippen LogP contribution in [0.25, 0.3) is 0 Å². The summed E-state index contributed by atoms with van der Waals surface area (Å²) in [4.78, 5) is 0. The Morgan fingerprint density at radius 1 is 0.509 bits per heavy atom. The summed E-state index contributed by atoms with van der Waals surface area (Å²) in [6.45, 7) is -1.81. The highest BCUT2D eigenvalue weighted by Crippen LogP contribution is 2.34. The van der Waals surface area contributed by atoms with E-state index in [0.29, 0.717) is 0 Å². The molecule has 24 nitrogen and oxygen atoms in total. The summed E-state index contributed by atoms with van der Waals surface area (Å²) in [5.74, 6) is 0. The second kappa shape index (κ2) is 18.8.